The SMILES string of the molecule is COC(=O)c1cc(F)c(CC2(C=O)CCN(C(=O)OC(C)(C)C)CC2)cc1C(=O)OC. The molecule has 1 amide bonds. The van der Waals surface area contributed by atoms with Crippen molar-refractivity contribution in [1.29, 1.82) is 0 Å². The maximum absolute atomic E-state index is 14.8. The van der Waals surface area contributed by atoms with Crippen molar-refractivity contribution >= 4 is 24.3 Å². The number of carbonyl (C=O) groups excluding carboxylic acids is 4. The zero-order valence-corrected chi connectivity index (χ0v) is 18.5. The number of hydrogen-bond donors (Lipinski definition) is 0. The van der Waals surface area contributed by atoms with Gasteiger partial charge in [0, 0.05) is 18.5 Å². The summed E-state index contributed by atoms with van der Waals surface area (Å²) in [6.07, 6.45) is 0.928. The van der Waals surface area contributed by atoms with Gasteiger partial charge in [-0.2, -0.15) is 0 Å². The van der Waals surface area contributed by atoms with Gasteiger partial charge in [0.1, 0.15) is 17.7 Å². The van der Waals surface area contributed by atoms with Gasteiger partial charge in [-0.3, -0.25) is 0 Å². The van der Waals surface area contributed by atoms with E-state index in [0.29, 0.717) is 12.8 Å². The molecule has 1 heterocycles. The smallest absolute Gasteiger partial charge is 0.410 e. The average Bonchev–Trinajstić information content (AvgIpc) is 2.72. The maximum Gasteiger partial charge on any atom is 0.410 e. The van der Waals surface area contributed by atoms with Gasteiger partial charge in [-0.15, -0.1) is 0 Å². The second kappa shape index (κ2) is 9.45. The molecule has 0 saturated carbocycles. The van der Waals surface area contributed by atoms with Gasteiger partial charge in [-0.25, -0.2) is 18.8 Å². The van der Waals surface area contributed by atoms with E-state index in [1.165, 1.54) is 11.0 Å². The van der Waals surface area contributed by atoms with Crippen LogP contribution in [-0.2, 0) is 25.4 Å². The summed E-state index contributed by atoms with van der Waals surface area (Å²) in [5.74, 6) is -2.42. The first-order valence-corrected chi connectivity index (χ1v) is 9.88. The van der Waals surface area contributed by atoms with E-state index < -0.39 is 34.9 Å². The molecule has 0 N–H and O–H groups in total. The summed E-state index contributed by atoms with van der Waals surface area (Å²) in [4.78, 5) is 49.8. The number of nitrogens with zero attached hydrogens (tertiary/aromatic N) is 1. The normalized spacial score (nSPS) is 15.7. The lowest BCUT2D eigenvalue weighted by atomic mass is 9.74. The molecule has 0 radical (unpaired) electrons. The molecule has 0 spiro atoms. The van der Waals surface area contributed by atoms with Crippen molar-refractivity contribution in [3.8, 4) is 0 Å². The summed E-state index contributed by atoms with van der Waals surface area (Å²) >= 11 is 0. The molecule has 1 aliphatic rings. The average molecular weight is 437 g/mol. The lowest BCUT2D eigenvalue weighted by molar-refractivity contribution is -0.118. The fourth-order valence-electron chi connectivity index (χ4n) is 3.49. The first-order valence-electron chi connectivity index (χ1n) is 9.88. The second-order valence-electron chi connectivity index (χ2n) is 8.60. The third-order valence-corrected chi connectivity index (χ3v) is 5.20. The molecule has 1 fully saturated rings. The molecular formula is C22H28FNO7. The van der Waals surface area contributed by atoms with Crippen molar-refractivity contribution in [3.05, 3.63) is 34.6 Å². The minimum Gasteiger partial charge on any atom is -0.465 e. The zero-order valence-electron chi connectivity index (χ0n) is 18.5. The molecule has 9 heteroatoms. The van der Waals surface area contributed by atoms with E-state index in [4.69, 9.17) is 9.47 Å². The fraction of sp³-hybridized carbons (Fsp3) is 0.545. The second-order valence-corrected chi connectivity index (χ2v) is 8.60. The highest BCUT2D eigenvalue weighted by atomic mass is 19.1. The van der Waals surface area contributed by atoms with Gasteiger partial charge in [-0.1, -0.05) is 0 Å². The lowest BCUT2D eigenvalue weighted by Crippen LogP contribution is -2.46. The maximum atomic E-state index is 14.8. The van der Waals surface area contributed by atoms with E-state index in [-0.39, 0.29) is 36.2 Å². The van der Waals surface area contributed by atoms with Crippen LogP contribution in [0.3, 0.4) is 0 Å². The van der Waals surface area contributed by atoms with Crippen molar-refractivity contribution in [3.63, 3.8) is 0 Å². The van der Waals surface area contributed by atoms with Crippen molar-refractivity contribution < 1.29 is 37.8 Å². The Kier molecular flexibility index (Phi) is 7.41. The van der Waals surface area contributed by atoms with E-state index in [9.17, 15) is 23.6 Å². The van der Waals surface area contributed by atoms with E-state index >= 15 is 0 Å². The number of hydrogen-bond acceptors (Lipinski definition) is 7. The molecule has 0 bridgehead atoms. The predicted molar refractivity (Wildman–Crippen MR) is 108 cm³/mol. The molecule has 0 aliphatic carbocycles. The highest BCUT2D eigenvalue weighted by Gasteiger charge is 2.38. The van der Waals surface area contributed by atoms with Crippen LogP contribution in [0.5, 0.6) is 0 Å². The van der Waals surface area contributed by atoms with E-state index in [0.717, 1.165) is 26.6 Å². The largest absolute Gasteiger partial charge is 0.465 e. The summed E-state index contributed by atoms with van der Waals surface area (Å²) in [6.45, 7) is 5.86. The summed E-state index contributed by atoms with van der Waals surface area (Å²) in [5, 5.41) is 0. The van der Waals surface area contributed by atoms with Crippen LogP contribution in [0, 0.1) is 11.2 Å². The molecular weight excluding hydrogens is 409 g/mol. The van der Waals surface area contributed by atoms with Gasteiger partial charge < -0.3 is 23.9 Å². The third-order valence-electron chi connectivity index (χ3n) is 5.20. The number of amides is 1. The highest BCUT2D eigenvalue weighted by molar-refractivity contribution is 6.03. The van der Waals surface area contributed by atoms with Crippen LogP contribution in [0.4, 0.5) is 9.18 Å². The Bertz CT molecular complexity index is 867. The number of piperidine rings is 1. The number of aldehydes is 1. The first kappa shape index (κ1) is 24.3. The van der Waals surface area contributed by atoms with Crippen molar-refractivity contribution in [2.45, 2.75) is 45.6 Å². The number of halogens is 1. The van der Waals surface area contributed by atoms with Gasteiger partial charge in [0.25, 0.3) is 0 Å². The van der Waals surface area contributed by atoms with Crippen LogP contribution < -0.4 is 0 Å². The molecule has 1 saturated heterocycles. The third kappa shape index (κ3) is 5.80. The Morgan fingerprint density at radius 1 is 1.06 bits per heavy atom. The minimum atomic E-state index is -0.917. The number of likely N-dealkylation sites (tertiary alicyclic amines) is 1. The molecule has 0 unspecified atom stereocenters. The zero-order chi connectivity index (χ0) is 23.4. The van der Waals surface area contributed by atoms with E-state index in [2.05, 4.69) is 4.74 Å². The fourth-order valence-corrected chi connectivity index (χ4v) is 3.49. The molecule has 1 aromatic rings. The molecule has 0 atom stereocenters. The molecule has 8 nitrogen and oxygen atoms in total. The topological polar surface area (TPSA) is 99.2 Å². The lowest BCUT2D eigenvalue weighted by Gasteiger charge is -2.38. The number of carbonyl (C=O) groups is 4. The first-order chi connectivity index (χ1) is 14.4. The van der Waals surface area contributed by atoms with Crippen LogP contribution in [0.1, 0.15) is 59.9 Å². The Morgan fingerprint density at radius 3 is 2.03 bits per heavy atom. The van der Waals surface area contributed by atoms with Crippen LogP contribution in [0.2, 0.25) is 0 Å². The van der Waals surface area contributed by atoms with Crippen LogP contribution in [0.15, 0.2) is 12.1 Å². The number of esters is 2. The standard InChI is InChI=1S/C22H28FNO7/c1-21(2,3)31-20(28)24-8-6-22(13-25,7-9-24)12-14-10-15(18(26)29-4)16(11-17(14)23)19(27)30-5/h10-11,13H,6-9,12H2,1-5H3. The Balaban J connectivity index is 2.26. The summed E-state index contributed by atoms with van der Waals surface area (Å²) in [7, 11) is 2.26. The van der Waals surface area contributed by atoms with Gasteiger partial charge in [0.05, 0.1) is 25.3 Å². The summed E-state index contributed by atoms with van der Waals surface area (Å²) < 4.78 is 29.4. The van der Waals surface area contributed by atoms with Crippen LogP contribution in [0.25, 0.3) is 0 Å². The van der Waals surface area contributed by atoms with Crippen molar-refractivity contribution in [2.24, 2.45) is 5.41 Å². The molecule has 2 rings (SSSR count). The molecule has 170 valence electrons. The monoisotopic (exact) mass is 437 g/mol. The molecule has 0 aromatic heterocycles. The van der Waals surface area contributed by atoms with Gasteiger partial charge >= 0.3 is 18.0 Å². The molecule has 1 aliphatic heterocycles. The predicted octanol–water partition coefficient (Wildman–Crippen LogP) is 3.16. The number of rotatable bonds is 5. The summed E-state index contributed by atoms with van der Waals surface area (Å²) in [5.41, 5.74) is -1.84. The molecule has 1 aromatic carbocycles. The van der Waals surface area contributed by atoms with Crippen LogP contribution >= 0.6 is 0 Å². The highest BCUT2D eigenvalue weighted by Crippen LogP contribution is 2.35. The Labute approximate surface area is 180 Å². The van der Waals surface area contributed by atoms with Crippen molar-refractivity contribution in [2.75, 3.05) is 27.3 Å². The minimum absolute atomic E-state index is 0.00986. The van der Waals surface area contributed by atoms with Crippen LogP contribution in [-0.4, -0.2) is 62.1 Å². The van der Waals surface area contributed by atoms with E-state index in [1.54, 1.807) is 20.8 Å². The quantitative estimate of drug-likeness (QED) is 0.396. The van der Waals surface area contributed by atoms with Gasteiger partial charge in [0.15, 0.2) is 0 Å². The summed E-state index contributed by atoms with van der Waals surface area (Å²) in [6, 6.07) is 2.14. The number of ether oxygens (including phenoxy) is 3. The Morgan fingerprint density at radius 2 is 1.58 bits per heavy atom. The number of methoxy groups -OCH3 is 2. The number of benzene rings is 1. The Hall–Kier alpha value is -2.97. The van der Waals surface area contributed by atoms with Gasteiger partial charge in [-0.05, 0) is 57.7 Å². The molecule has 31 heavy (non-hydrogen) atoms. The van der Waals surface area contributed by atoms with E-state index in [1.807, 2.05) is 0 Å². The van der Waals surface area contributed by atoms with Gasteiger partial charge in [0.2, 0.25) is 0 Å². The van der Waals surface area contributed by atoms with Crippen molar-refractivity contribution in [1.82, 2.24) is 4.90 Å².